The van der Waals surface area contributed by atoms with Crippen LogP contribution < -0.4 is 26.2 Å². The van der Waals surface area contributed by atoms with Gasteiger partial charge in [-0.2, -0.15) is 0 Å². The van der Waals surface area contributed by atoms with E-state index >= 15 is 4.39 Å². The van der Waals surface area contributed by atoms with E-state index in [0.29, 0.717) is 64.5 Å². The van der Waals surface area contributed by atoms with Gasteiger partial charge in [0, 0.05) is 154 Å². The Balaban J connectivity index is 0.000000112. The molecule has 1 saturated carbocycles. The Morgan fingerprint density at radius 3 is 0.959 bits per heavy atom. The summed E-state index contributed by atoms with van der Waals surface area (Å²) in [5.41, 5.74) is 20.7. The molecule has 30 nitrogen and oxygen atoms in total. The number of rotatable bonds is 19. The molecule has 20 heterocycles. The van der Waals surface area contributed by atoms with Crippen molar-refractivity contribution in [3.8, 4) is 45.0 Å². The maximum absolute atomic E-state index is 15.0. The molecule has 0 bridgehead atoms. The molecule has 148 heavy (non-hydrogen) atoms. The van der Waals surface area contributed by atoms with Crippen molar-refractivity contribution < 1.29 is 17.6 Å². The maximum atomic E-state index is 15.0. The average Bonchev–Trinajstić information content (AvgIpc) is 1.59. The molecule has 1 aliphatic carbocycles. The molecule has 0 spiro atoms. The lowest BCUT2D eigenvalue weighted by Gasteiger charge is -2.34. The first-order valence-corrected chi connectivity index (χ1v) is 52.7. The lowest BCUT2D eigenvalue weighted by atomic mass is 9.90. The van der Waals surface area contributed by atoms with Gasteiger partial charge in [-0.05, 0) is 324 Å². The van der Waals surface area contributed by atoms with E-state index in [1.54, 1.807) is 0 Å². The number of piperidine rings is 2. The molecule has 16 aromatic rings. The highest BCUT2D eigenvalue weighted by Gasteiger charge is 2.40. The third kappa shape index (κ3) is 20.3. The smallest absolute Gasteiger partial charge is 0.229 e. The van der Waals surface area contributed by atoms with Crippen LogP contribution in [0.15, 0.2) is 147 Å². The summed E-state index contributed by atoms with van der Waals surface area (Å²) in [7, 11) is 4.31. The fraction of sp³-hybridized carbons (Fsp3) is 0.439. The molecule has 0 atom stereocenters. The number of likely N-dealkylation sites (N-methyl/N-ethyl adjacent to an activating group) is 1. The first-order valence-electron chi connectivity index (χ1n) is 52.7. The molecule has 5 fully saturated rings. The Kier molecular flexibility index (Phi) is 26.7. The van der Waals surface area contributed by atoms with Crippen LogP contribution in [0.2, 0.25) is 0 Å². The number of hydrogen-bond acceptors (Lipinski definition) is 26. The molecule has 4 aromatic carbocycles. The standard InChI is InChI=1S/C30H35FN8.C29H34FN7.C28H32FN7.C27H31FN8/c1-19-14-21(15-24-27(19)35-26-8-9-30(2,3)39(24)26)28-23(31)17-33-29(36-28)34-25-7-4-20(16-32-25)18-37-10-12-38(13-11-37)22-5-6-22;1-5-36-12-9-19(10-13-36)20-6-7-24(31-16-20)33-28-32-17-22(30)27(35-28)21-14-18(2)26-23(15-21)37-25(34-26)8-11-29(37,3)4;1-17-13-20(14-22-25(17)33-24-7-10-28(2,3)36(22)24)26-21(29)16-31-27(34-26)32-23-6-5-19(15-30-23)18-8-11-35(4)12-9-18;1-17-13-18(14-21-24(17)32-23-7-8-27(2,3)36(21)23)25-20(28)16-30-26(33-25)31-22-6-5-19(15-29-22)35-11-9-34(4)10-12-35/h4,7,14-17,22H,5-6,8-13,18H2,1-3H3,(H,32,33,34,36);6-7,14-17,19H,5,8-13H2,1-4H3,(H,31,32,33,35);5-6,13-16,18H,7-12H2,1-4H3,(H,30,31,32,34);5-6,13-16H,7-12H2,1-4H3,(H,29,30,31,33). The summed E-state index contributed by atoms with van der Waals surface area (Å²) in [5.74, 6) is 7.46. The zero-order valence-electron chi connectivity index (χ0n) is 87.5. The number of benzene rings is 4. The molecule has 4 N–H and O–H groups in total. The number of aromatic nitrogens is 20. The van der Waals surface area contributed by atoms with E-state index in [4.69, 9.17) is 19.9 Å². The lowest BCUT2D eigenvalue weighted by Crippen LogP contribution is -2.46. The summed E-state index contributed by atoms with van der Waals surface area (Å²) in [4.78, 5) is 87.4. The van der Waals surface area contributed by atoms with Crippen LogP contribution in [0.1, 0.15) is 201 Å². The third-order valence-corrected chi connectivity index (χ3v) is 32.0. The quantitative estimate of drug-likeness (QED) is 0.0547. The normalized spacial score (nSPS) is 18.2. The van der Waals surface area contributed by atoms with Crippen molar-refractivity contribution in [2.24, 2.45) is 0 Å². The number of pyridine rings is 4. The SMILES string of the molecule is CCN1CCC(c2ccc(Nc3ncc(F)c(-c4cc(C)c5nc6n(c5c4)C(C)(C)CC6)n3)nc2)CC1.Cc1cc(-c2nc(Nc3ccc(C4CCN(C)CC4)cn3)ncc2F)cc2c1nc1n2C(C)(C)CC1.Cc1cc(-c2nc(Nc3ccc(CN4CCN(C5CC5)CC4)cn3)ncc2F)cc2c1nc1n2C(C)(C)CC1.Cc1cc(-c2nc(Nc3ccc(N4CCN(C)CC4)cn3)ncc2F)cc2c1nc1n2C(C)(C)CC1. The molecule has 0 radical (unpaired) electrons. The van der Waals surface area contributed by atoms with Crippen molar-refractivity contribution in [2.75, 3.05) is 125 Å². The van der Waals surface area contributed by atoms with Crippen molar-refractivity contribution >= 4 is 96.9 Å². The third-order valence-electron chi connectivity index (χ3n) is 32.0. The van der Waals surface area contributed by atoms with Gasteiger partial charge in [-0.1, -0.05) is 25.1 Å². The maximum Gasteiger partial charge on any atom is 0.229 e. The minimum absolute atomic E-state index is 0.0164. The predicted molar refractivity (Wildman–Crippen MR) is 576 cm³/mol. The Morgan fingerprint density at radius 1 is 0.324 bits per heavy atom. The molecule has 9 aliphatic rings. The van der Waals surface area contributed by atoms with Gasteiger partial charge in [0.1, 0.15) is 69.3 Å². The first-order chi connectivity index (χ1) is 71.2. The zero-order chi connectivity index (χ0) is 103. The number of fused-ring (bicyclic) bond motifs is 12. The minimum Gasteiger partial charge on any atom is -0.368 e. The van der Waals surface area contributed by atoms with Gasteiger partial charge in [0.15, 0.2) is 23.3 Å². The Labute approximate surface area is 861 Å². The highest BCUT2D eigenvalue weighted by Crippen LogP contribution is 2.46. The minimum atomic E-state index is -0.460. The number of imidazole rings is 4. The summed E-state index contributed by atoms with van der Waals surface area (Å²) in [6.07, 6.45) is 27.9. The van der Waals surface area contributed by atoms with Gasteiger partial charge in [0.2, 0.25) is 23.8 Å². The van der Waals surface area contributed by atoms with Gasteiger partial charge in [-0.3, -0.25) is 9.80 Å². The second kappa shape index (κ2) is 40.0. The van der Waals surface area contributed by atoms with Crippen LogP contribution in [0, 0.1) is 51.0 Å². The van der Waals surface area contributed by atoms with E-state index in [9.17, 15) is 13.2 Å². The number of anilines is 9. The van der Waals surface area contributed by atoms with Crippen molar-refractivity contribution in [3.05, 3.63) is 232 Å². The highest BCUT2D eigenvalue weighted by molar-refractivity contribution is 5.90. The topological polar surface area (TPSA) is 294 Å². The van der Waals surface area contributed by atoms with E-state index in [-0.39, 0.29) is 44.9 Å². The molecule has 0 amide bonds. The fourth-order valence-electron chi connectivity index (χ4n) is 23.2. The summed E-state index contributed by atoms with van der Waals surface area (Å²) in [5, 5.41) is 12.6. The second-order valence-electron chi connectivity index (χ2n) is 44.4. The van der Waals surface area contributed by atoms with Crippen LogP contribution in [0.4, 0.5) is 70.3 Å². The van der Waals surface area contributed by atoms with E-state index in [0.717, 1.165) is 287 Å². The van der Waals surface area contributed by atoms with Gasteiger partial charge < -0.3 is 59.1 Å². The van der Waals surface area contributed by atoms with E-state index in [1.807, 2.05) is 131 Å². The van der Waals surface area contributed by atoms with Gasteiger partial charge >= 0.3 is 0 Å². The van der Waals surface area contributed by atoms with Crippen LogP contribution in [0.25, 0.3) is 89.2 Å². The molecule has 25 rings (SSSR count). The van der Waals surface area contributed by atoms with Crippen LogP contribution in [0.3, 0.4) is 0 Å². The summed E-state index contributed by atoms with van der Waals surface area (Å²) in [6.45, 7) is 43.2. The number of likely N-dealkylation sites (tertiary alicyclic amines) is 2. The highest BCUT2D eigenvalue weighted by atomic mass is 19.1. The molecular weight excluding hydrogens is 1870 g/mol. The van der Waals surface area contributed by atoms with Gasteiger partial charge in [0.05, 0.1) is 80.8 Å². The molecule has 766 valence electrons. The Bertz CT molecular complexity index is 7420. The van der Waals surface area contributed by atoms with Crippen LogP contribution in [-0.2, 0) is 54.4 Å². The number of nitrogens with zero attached hydrogens (tertiary/aromatic N) is 26. The number of piperazine rings is 2. The fourth-order valence-corrected chi connectivity index (χ4v) is 23.2. The van der Waals surface area contributed by atoms with Crippen molar-refractivity contribution in [3.63, 3.8) is 0 Å². The molecule has 34 heteroatoms. The van der Waals surface area contributed by atoms with Crippen LogP contribution in [0.5, 0.6) is 0 Å². The lowest BCUT2D eigenvalue weighted by molar-refractivity contribution is 0.121. The molecule has 0 unspecified atom stereocenters. The van der Waals surface area contributed by atoms with E-state index < -0.39 is 23.3 Å². The first kappa shape index (κ1) is 98.9. The number of aryl methyl sites for hydroxylation is 8. The van der Waals surface area contributed by atoms with Crippen molar-refractivity contribution in [1.82, 2.24) is 123 Å². The number of nitrogens with one attached hydrogen (secondary N) is 4. The summed E-state index contributed by atoms with van der Waals surface area (Å²) >= 11 is 0. The molecule has 8 aliphatic heterocycles. The van der Waals surface area contributed by atoms with Gasteiger partial charge in [0.25, 0.3) is 0 Å². The average molecular weight is 2000 g/mol. The van der Waals surface area contributed by atoms with Crippen LogP contribution >= 0.6 is 0 Å². The number of halogens is 4. The second-order valence-corrected chi connectivity index (χ2v) is 44.4. The van der Waals surface area contributed by atoms with Crippen molar-refractivity contribution in [1.29, 1.82) is 0 Å². The molecular formula is C114H132F4N30. The van der Waals surface area contributed by atoms with Crippen molar-refractivity contribution in [2.45, 2.75) is 226 Å². The van der Waals surface area contributed by atoms with Gasteiger partial charge in [-0.15, -0.1) is 0 Å². The predicted octanol–water partition coefficient (Wildman–Crippen LogP) is 21.1. The Morgan fingerprint density at radius 2 is 0.649 bits per heavy atom. The van der Waals surface area contributed by atoms with Gasteiger partial charge in [-0.25, -0.2) is 97.3 Å². The zero-order valence-corrected chi connectivity index (χ0v) is 87.5. The monoisotopic (exact) mass is 2000 g/mol. The Hall–Kier alpha value is -13.8. The summed E-state index contributed by atoms with van der Waals surface area (Å²) in [6, 6.07) is 32.9. The van der Waals surface area contributed by atoms with E-state index in [2.05, 4.69) is 223 Å². The number of hydrogen-bond donors (Lipinski definition) is 4. The molecule has 12 aromatic heterocycles. The summed E-state index contributed by atoms with van der Waals surface area (Å²) < 4.78 is 69.2. The largest absolute Gasteiger partial charge is 0.368 e. The van der Waals surface area contributed by atoms with E-state index in [1.165, 1.54) is 54.3 Å². The van der Waals surface area contributed by atoms with Crippen LogP contribution in [-0.4, -0.2) is 228 Å². The molecule has 4 saturated heterocycles.